The molecule has 2 aliphatic carbocycles. The Balaban J connectivity index is 1.20. The minimum atomic E-state index is -3.91. The van der Waals surface area contributed by atoms with Gasteiger partial charge in [0.1, 0.15) is 40.6 Å². The summed E-state index contributed by atoms with van der Waals surface area (Å²) in [6.45, 7) is 3.36. The first kappa shape index (κ1) is 36.4. The van der Waals surface area contributed by atoms with E-state index < -0.39 is 74.4 Å². The van der Waals surface area contributed by atoms with Gasteiger partial charge in [-0.25, -0.2) is 22.8 Å². The fourth-order valence-electron chi connectivity index (χ4n) is 7.14. The largest absolute Gasteiger partial charge is 0.471 e. The number of aromatic nitrogens is 4. The van der Waals surface area contributed by atoms with E-state index in [2.05, 4.69) is 30.4 Å². The van der Waals surface area contributed by atoms with Crippen molar-refractivity contribution in [2.45, 2.75) is 101 Å². The van der Waals surface area contributed by atoms with E-state index in [0.717, 1.165) is 18.5 Å². The summed E-state index contributed by atoms with van der Waals surface area (Å²) in [7, 11) is -2.21. The first-order chi connectivity index (χ1) is 25.3. The lowest BCUT2D eigenvalue weighted by molar-refractivity contribution is -0.141. The number of aryl methyl sites for hydroxylation is 3. The van der Waals surface area contributed by atoms with Crippen LogP contribution in [0.25, 0.3) is 11.0 Å². The van der Waals surface area contributed by atoms with Crippen LogP contribution in [-0.2, 0) is 31.5 Å². The van der Waals surface area contributed by atoms with Crippen molar-refractivity contribution in [2.75, 3.05) is 6.54 Å². The lowest BCUT2D eigenvalue weighted by Gasteiger charge is -2.29. The fraction of sp³-hybridized carbons (Fsp3) is 0.528. The number of hydrogen-bond acceptors (Lipinski definition) is 10. The standard InChI is InChI=1S/C36H43FN8O7S/c1-20-16-28(42-44(20)3)31(46)39-27-12-8-6-4-5-7-10-22-18-36(22,35(49)43-53(50,51)24-14-15-24)41-32(47)29-17-23(19-45(29)34(27)48)52-33-21(2)38-26-13-9-11-25(37)30(26)40-33/h7,9-11,13,16,22-24,27,29H,4-6,8,12,14-15,17-19H2,1-3H3,(H,39,46)(H,41,47)(H,43,49)/b10-7-/t22?,23-,27+,29+,36-/m1/s1. The van der Waals surface area contributed by atoms with Crippen LogP contribution in [0.2, 0.25) is 0 Å². The summed E-state index contributed by atoms with van der Waals surface area (Å²) in [6, 6.07) is 3.83. The van der Waals surface area contributed by atoms with E-state index in [4.69, 9.17) is 4.74 Å². The van der Waals surface area contributed by atoms with Gasteiger partial charge in [-0.1, -0.05) is 31.1 Å². The maximum absolute atomic E-state index is 14.7. The van der Waals surface area contributed by atoms with Gasteiger partial charge in [0, 0.05) is 25.1 Å². The average Bonchev–Trinajstić information content (AvgIpc) is 4.01. The molecule has 282 valence electrons. The molecule has 1 saturated heterocycles. The van der Waals surface area contributed by atoms with Crippen LogP contribution in [0.5, 0.6) is 5.88 Å². The molecule has 1 unspecified atom stereocenters. The molecule has 0 spiro atoms. The molecule has 0 bridgehead atoms. The Labute approximate surface area is 306 Å². The highest BCUT2D eigenvalue weighted by Gasteiger charge is 2.62. The topological polar surface area (TPSA) is 195 Å². The second-order valence-corrected chi connectivity index (χ2v) is 16.5. The molecule has 0 radical (unpaired) electrons. The van der Waals surface area contributed by atoms with Crippen molar-refractivity contribution < 1.29 is 36.7 Å². The first-order valence-corrected chi connectivity index (χ1v) is 19.6. The zero-order valence-electron chi connectivity index (χ0n) is 29.8. The average molecular weight is 751 g/mol. The quantitative estimate of drug-likeness (QED) is 0.302. The molecule has 4 heterocycles. The maximum Gasteiger partial charge on any atom is 0.272 e. The zero-order valence-corrected chi connectivity index (χ0v) is 30.6. The van der Waals surface area contributed by atoms with E-state index in [1.54, 1.807) is 37.7 Å². The van der Waals surface area contributed by atoms with Gasteiger partial charge in [0.15, 0.2) is 5.82 Å². The number of carbonyl (C=O) groups excluding carboxylic acids is 4. The molecular weight excluding hydrogens is 708 g/mol. The van der Waals surface area contributed by atoms with E-state index in [9.17, 15) is 32.0 Å². The Morgan fingerprint density at radius 2 is 1.89 bits per heavy atom. The van der Waals surface area contributed by atoms with Crippen LogP contribution in [0.4, 0.5) is 4.39 Å². The van der Waals surface area contributed by atoms with E-state index in [1.807, 2.05) is 12.2 Å². The van der Waals surface area contributed by atoms with Crippen molar-refractivity contribution in [3.05, 3.63) is 59.3 Å². The number of nitrogens with zero attached hydrogens (tertiary/aromatic N) is 5. The summed E-state index contributed by atoms with van der Waals surface area (Å²) in [5.74, 6) is -3.57. The van der Waals surface area contributed by atoms with Gasteiger partial charge in [0.25, 0.3) is 11.8 Å². The van der Waals surface area contributed by atoms with Gasteiger partial charge in [-0.3, -0.25) is 28.6 Å². The summed E-state index contributed by atoms with van der Waals surface area (Å²) in [4.78, 5) is 66.0. The Kier molecular flexibility index (Phi) is 9.72. The van der Waals surface area contributed by atoms with E-state index >= 15 is 0 Å². The number of amides is 4. The third-order valence-corrected chi connectivity index (χ3v) is 12.4. The Hall–Kier alpha value is -4.93. The molecule has 2 aliphatic heterocycles. The summed E-state index contributed by atoms with van der Waals surface area (Å²) in [6.07, 6.45) is 7.09. The number of allylic oxidation sites excluding steroid dienone is 1. The molecule has 17 heteroatoms. The van der Waals surface area contributed by atoms with Crippen LogP contribution in [0, 0.1) is 25.6 Å². The van der Waals surface area contributed by atoms with Crippen LogP contribution in [0.15, 0.2) is 36.4 Å². The van der Waals surface area contributed by atoms with E-state index in [1.165, 1.54) is 17.0 Å². The summed E-state index contributed by atoms with van der Waals surface area (Å²) < 4.78 is 50.3. The zero-order chi connectivity index (χ0) is 37.7. The number of sulfonamides is 1. The predicted molar refractivity (Wildman–Crippen MR) is 189 cm³/mol. The number of carbonyl (C=O) groups is 4. The Morgan fingerprint density at radius 3 is 2.62 bits per heavy atom. The maximum atomic E-state index is 14.7. The number of halogens is 1. The van der Waals surface area contributed by atoms with Crippen molar-refractivity contribution >= 4 is 44.7 Å². The van der Waals surface area contributed by atoms with Crippen LogP contribution < -0.4 is 20.1 Å². The molecule has 3 N–H and O–H groups in total. The molecule has 4 aliphatic rings. The third kappa shape index (κ3) is 7.48. The summed E-state index contributed by atoms with van der Waals surface area (Å²) in [5, 5.41) is 9.29. The minimum Gasteiger partial charge on any atom is -0.471 e. The van der Waals surface area contributed by atoms with Crippen molar-refractivity contribution in [1.82, 2.24) is 40.0 Å². The van der Waals surface area contributed by atoms with Crippen LogP contribution in [-0.4, -0.2) is 92.2 Å². The van der Waals surface area contributed by atoms with E-state index in [0.29, 0.717) is 43.3 Å². The molecule has 4 amide bonds. The Morgan fingerprint density at radius 1 is 1.09 bits per heavy atom. The van der Waals surface area contributed by atoms with Gasteiger partial charge in [-0.15, -0.1) is 0 Å². The smallest absolute Gasteiger partial charge is 0.272 e. The molecule has 15 nitrogen and oxygen atoms in total. The fourth-order valence-corrected chi connectivity index (χ4v) is 8.50. The van der Waals surface area contributed by atoms with Crippen molar-refractivity contribution in [2.24, 2.45) is 13.0 Å². The number of fused-ring (bicyclic) bond motifs is 3. The summed E-state index contributed by atoms with van der Waals surface area (Å²) in [5.41, 5.74) is 0.0727. The van der Waals surface area contributed by atoms with Gasteiger partial charge in [0.05, 0.1) is 17.3 Å². The van der Waals surface area contributed by atoms with Crippen LogP contribution in [0.3, 0.4) is 0 Å². The highest BCUT2D eigenvalue weighted by molar-refractivity contribution is 7.91. The van der Waals surface area contributed by atoms with Gasteiger partial charge >= 0.3 is 0 Å². The second kappa shape index (κ2) is 14.1. The summed E-state index contributed by atoms with van der Waals surface area (Å²) >= 11 is 0. The lowest BCUT2D eigenvalue weighted by Crippen LogP contribution is -2.58. The highest BCUT2D eigenvalue weighted by Crippen LogP contribution is 2.46. The SMILES string of the molecule is Cc1nc2cccc(F)c2nc1O[C@@H]1C[C@H]2C(=O)N[C@]3(C(=O)NS(=O)(=O)C4CC4)CC3/C=C\CCCCC[C@H](NC(=O)c3cc(C)n(C)n3)C(=O)N2C1. The van der Waals surface area contributed by atoms with Crippen LogP contribution in [0.1, 0.15) is 79.7 Å². The molecule has 1 aromatic carbocycles. The van der Waals surface area contributed by atoms with Crippen molar-refractivity contribution in [1.29, 1.82) is 0 Å². The molecule has 7 rings (SSSR count). The molecule has 2 saturated carbocycles. The van der Waals surface area contributed by atoms with Crippen molar-refractivity contribution in [3.8, 4) is 5.88 Å². The van der Waals surface area contributed by atoms with Gasteiger partial charge in [-0.2, -0.15) is 5.10 Å². The number of nitrogens with one attached hydrogen (secondary N) is 3. The Bertz CT molecular complexity index is 2100. The lowest BCUT2D eigenvalue weighted by atomic mass is 10.0. The number of benzene rings is 1. The molecule has 5 atom stereocenters. The van der Waals surface area contributed by atoms with Crippen LogP contribution >= 0.6 is 0 Å². The second-order valence-electron chi connectivity index (χ2n) is 14.5. The molecule has 53 heavy (non-hydrogen) atoms. The van der Waals surface area contributed by atoms with Crippen molar-refractivity contribution in [3.63, 3.8) is 0 Å². The number of para-hydroxylation sites is 1. The van der Waals surface area contributed by atoms with Gasteiger partial charge < -0.3 is 20.3 Å². The molecule has 2 aromatic heterocycles. The van der Waals surface area contributed by atoms with E-state index in [-0.39, 0.29) is 36.5 Å². The number of hydrogen-bond donors (Lipinski definition) is 3. The normalized spacial score (nSPS) is 27.1. The molecule has 3 aromatic rings. The number of rotatable bonds is 7. The third-order valence-electron chi connectivity index (χ3n) is 10.5. The highest BCUT2D eigenvalue weighted by atomic mass is 32.2. The van der Waals surface area contributed by atoms with Gasteiger partial charge in [-0.05, 0) is 70.6 Å². The minimum absolute atomic E-state index is 0.00392. The molecular formula is C36H43FN8O7S. The monoisotopic (exact) mass is 750 g/mol. The number of ether oxygens (including phenoxy) is 1. The van der Waals surface area contributed by atoms with Gasteiger partial charge in [0.2, 0.25) is 27.7 Å². The molecule has 3 fully saturated rings. The first-order valence-electron chi connectivity index (χ1n) is 18.0. The predicted octanol–water partition coefficient (Wildman–Crippen LogP) is 2.27.